The average molecular weight is 509 g/mol. The van der Waals surface area contributed by atoms with Crippen molar-refractivity contribution in [3.63, 3.8) is 0 Å². The first kappa shape index (κ1) is 25.8. The Balaban J connectivity index is 1.74. The Hall–Kier alpha value is -3.32. The van der Waals surface area contributed by atoms with Gasteiger partial charge >= 0.3 is 0 Å². The number of ether oxygens (including phenoxy) is 1. The lowest BCUT2D eigenvalue weighted by molar-refractivity contribution is 0.353. The third-order valence-corrected chi connectivity index (χ3v) is 8.46. The first-order chi connectivity index (χ1) is 17.1. The van der Waals surface area contributed by atoms with Crippen molar-refractivity contribution < 1.29 is 18.4 Å². The molecule has 0 amide bonds. The zero-order valence-electron chi connectivity index (χ0n) is 21.2. The van der Waals surface area contributed by atoms with Gasteiger partial charge in [0.25, 0.3) is 0 Å². The molecule has 7 heteroatoms. The number of nitrogens with one attached hydrogen (secondary N) is 2. The fourth-order valence-corrected chi connectivity index (χ4v) is 6.42. The summed E-state index contributed by atoms with van der Waals surface area (Å²) in [5.74, 6) is 0.506. The van der Waals surface area contributed by atoms with Gasteiger partial charge in [-0.1, -0.05) is 50.8 Å². The molecule has 0 aliphatic carbocycles. The lowest BCUT2D eigenvalue weighted by Crippen LogP contribution is -2.32. The van der Waals surface area contributed by atoms with Gasteiger partial charge in [-0.25, -0.2) is 4.39 Å². The summed E-state index contributed by atoms with van der Waals surface area (Å²) in [6, 6.07) is 7.55. The van der Waals surface area contributed by atoms with Crippen molar-refractivity contribution in [3.8, 4) is 11.5 Å². The van der Waals surface area contributed by atoms with E-state index >= 15 is 4.39 Å². The molecule has 3 N–H and O–H groups in total. The summed E-state index contributed by atoms with van der Waals surface area (Å²) >= 11 is 0. The van der Waals surface area contributed by atoms with Gasteiger partial charge in [0.1, 0.15) is 29.6 Å². The maximum Gasteiger partial charge on any atom is 0.141 e. The van der Waals surface area contributed by atoms with E-state index in [1.807, 2.05) is 32.1 Å². The molecule has 190 valence electrons. The average Bonchev–Trinajstić information content (AvgIpc) is 2.99. The van der Waals surface area contributed by atoms with Crippen LogP contribution in [0.5, 0.6) is 11.5 Å². The van der Waals surface area contributed by atoms with Crippen LogP contribution in [0.3, 0.4) is 0 Å². The van der Waals surface area contributed by atoms with Crippen molar-refractivity contribution in [2.75, 3.05) is 23.0 Å². The number of rotatable bonds is 6. The minimum atomic E-state index is -1.35. The van der Waals surface area contributed by atoms with Gasteiger partial charge < -0.3 is 20.5 Å². The van der Waals surface area contributed by atoms with Crippen molar-refractivity contribution in [2.45, 2.75) is 40.2 Å². The molecule has 2 unspecified atom stereocenters. The normalized spacial score (nSPS) is 21.2. The number of halogens is 1. The largest absolute Gasteiger partial charge is 0.506 e. The quantitative estimate of drug-likeness (QED) is 0.293. The molecule has 5 nitrogen and oxygen atoms in total. The molecule has 2 aliphatic heterocycles. The number of phenols is 1. The minimum Gasteiger partial charge on any atom is -0.506 e. The van der Waals surface area contributed by atoms with E-state index in [2.05, 4.69) is 31.1 Å². The Morgan fingerprint density at radius 2 is 2.08 bits per heavy atom. The number of benzene rings is 2. The summed E-state index contributed by atoms with van der Waals surface area (Å²) in [6.07, 6.45) is 7.96. The molecular weight excluding hydrogens is 475 g/mol. The van der Waals surface area contributed by atoms with Crippen LogP contribution in [0.4, 0.5) is 15.8 Å². The third-order valence-electron chi connectivity index (χ3n) is 6.44. The lowest BCUT2D eigenvalue weighted by atomic mass is 9.88. The van der Waals surface area contributed by atoms with E-state index in [0.717, 1.165) is 16.8 Å². The number of aromatic hydroxyl groups is 1. The number of aryl methyl sites for hydroxylation is 1. The second-order valence-electron chi connectivity index (χ2n) is 9.96. The van der Waals surface area contributed by atoms with Gasteiger partial charge in [-0.05, 0) is 55.0 Å². The maximum atomic E-state index is 15.6. The molecule has 4 rings (SSSR count). The summed E-state index contributed by atoms with van der Waals surface area (Å²) in [5.41, 5.74) is 3.94. The van der Waals surface area contributed by atoms with E-state index in [-0.39, 0.29) is 11.2 Å². The molecule has 0 saturated carbocycles. The van der Waals surface area contributed by atoms with Gasteiger partial charge in [-0.3, -0.25) is 4.21 Å². The van der Waals surface area contributed by atoms with Crippen LogP contribution in [0, 0.1) is 18.2 Å². The molecule has 0 radical (unpaired) electrons. The molecule has 0 aromatic heterocycles. The summed E-state index contributed by atoms with van der Waals surface area (Å²) < 4.78 is 35.0. The molecule has 2 aromatic carbocycles. The summed E-state index contributed by atoms with van der Waals surface area (Å²) in [5, 5.41) is 17.4. The number of anilines is 2. The third kappa shape index (κ3) is 5.26. The fraction of sp³-hybridized carbons (Fsp3) is 0.310. The van der Waals surface area contributed by atoms with Gasteiger partial charge in [0.05, 0.1) is 27.4 Å². The Morgan fingerprint density at radius 3 is 2.78 bits per heavy atom. The van der Waals surface area contributed by atoms with Crippen molar-refractivity contribution in [2.24, 2.45) is 5.41 Å². The monoisotopic (exact) mass is 508 g/mol. The molecule has 0 bridgehead atoms. The van der Waals surface area contributed by atoms with Gasteiger partial charge in [-0.15, -0.1) is 0 Å². The predicted octanol–water partition coefficient (Wildman–Crippen LogP) is 6.88. The van der Waals surface area contributed by atoms with E-state index < -0.39 is 22.7 Å². The van der Waals surface area contributed by atoms with Crippen LogP contribution in [0.2, 0.25) is 0 Å². The first-order valence-electron chi connectivity index (χ1n) is 12.0. The highest BCUT2D eigenvalue weighted by molar-refractivity contribution is 7.89. The van der Waals surface area contributed by atoms with Crippen LogP contribution >= 0.6 is 0 Å². The van der Waals surface area contributed by atoms with Gasteiger partial charge in [0.15, 0.2) is 0 Å². The molecule has 2 heterocycles. The highest BCUT2D eigenvalue weighted by atomic mass is 32.2. The van der Waals surface area contributed by atoms with Crippen LogP contribution in [-0.2, 0) is 10.8 Å². The summed E-state index contributed by atoms with van der Waals surface area (Å²) in [6.45, 7) is 11.9. The molecule has 36 heavy (non-hydrogen) atoms. The van der Waals surface area contributed by atoms with E-state index in [4.69, 9.17) is 4.74 Å². The summed E-state index contributed by atoms with van der Waals surface area (Å²) in [4.78, 5) is 0.614. The van der Waals surface area contributed by atoms with Crippen molar-refractivity contribution >= 4 is 22.2 Å². The highest BCUT2D eigenvalue weighted by Crippen LogP contribution is 2.48. The number of phenolic OH excluding ortho intramolecular Hbond substituents is 1. The molecule has 2 aromatic rings. The molecule has 2 atom stereocenters. The van der Waals surface area contributed by atoms with Gasteiger partial charge in [-0.2, -0.15) is 0 Å². The SMILES string of the molecule is C=C/C=C\C(=C/C)COc1ccc(C2Nc3c(C)ccc(O)c3NC3=C2S(=O)CC(C)(C)C3)c(F)c1. The van der Waals surface area contributed by atoms with Crippen LogP contribution in [0.15, 0.2) is 77.4 Å². The Morgan fingerprint density at radius 1 is 1.31 bits per heavy atom. The zero-order chi connectivity index (χ0) is 26.0. The molecular formula is C29H33FN2O3S. The topological polar surface area (TPSA) is 70.6 Å². The number of hydrogen-bond acceptors (Lipinski definition) is 5. The fourth-order valence-electron chi connectivity index (χ4n) is 4.60. The number of hydrogen-bond donors (Lipinski definition) is 3. The van der Waals surface area contributed by atoms with Gasteiger partial charge in [0, 0.05) is 23.1 Å². The van der Waals surface area contributed by atoms with E-state index in [1.54, 1.807) is 30.3 Å². The van der Waals surface area contributed by atoms with Crippen LogP contribution in [0.1, 0.15) is 44.4 Å². The second kappa shape index (κ2) is 10.3. The maximum absolute atomic E-state index is 15.6. The molecule has 0 spiro atoms. The lowest BCUT2D eigenvalue weighted by Gasteiger charge is -2.34. The summed E-state index contributed by atoms with van der Waals surface area (Å²) in [7, 11) is -1.35. The highest BCUT2D eigenvalue weighted by Gasteiger charge is 2.39. The Bertz CT molecular complexity index is 1310. The van der Waals surface area contributed by atoms with Gasteiger partial charge in [0.2, 0.25) is 0 Å². The van der Waals surface area contributed by atoms with E-state index in [9.17, 15) is 9.32 Å². The van der Waals surface area contributed by atoms with E-state index in [0.29, 0.717) is 46.4 Å². The predicted molar refractivity (Wildman–Crippen MR) is 146 cm³/mol. The molecule has 0 saturated heterocycles. The van der Waals surface area contributed by atoms with E-state index in [1.165, 1.54) is 6.07 Å². The van der Waals surface area contributed by atoms with Crippen molar-refractivity contribution in [1.29, 1.82) is 0 Å². The van der Waals surface area contributed by atoms with Crippen LogP contribution in [0.25, 0.3) is 0 Å². The number of fused-ring (bicyclic) bond motifs is 1. The van der Waals surface area contributed by atoms with Crippen molar-refractivity contribution in [1.82, 2.24) is 0 Å². The minimum absolute atomic E-state index is 0.0827. The van der Waals surface area contributed by atoms with Crippen LogP contribution in [-0.4, -0.2) is 21.7 Å². The van der Waals surface area contributed by atoms with Crippen molar-refractivity contribution in [3.05, 3.63) is 94.3 Å². The first-order valence-corrected chi connectivity index (χ1v) is 13.3. The zero-order valence-corrected chi connectivity index (χ0v) is 22.0. The Kier molecular flexibility index (Phi) is 7.41. The van der Waals surface area contributed by atoms with Crippen LogP contribution < -0.4 is 15.4 Å². The molecule has 0 fully saturated rings. The standard InChI is InChI=1S/C29H33FN2O3S/c1-6-8-9-19(7-2)16-35-20-11-12-21(22(30)14-20)26-28-23(15-29(4,5)17-36(28)34)31-27-24(33)13-10-18(3)25(27)32-26/h6-14,26,31-33H,1,15-17H2,2-5H3/b9-8-,19-7+. The molecule has 2 aliphatic rings. The number of allylic oxidation sites excluding steroid dienone is 4. The second-order valence-corrected chi connectivity index (χ2v) is 11.4. The Labute approximate surface area is 214 Å². The smallest absolute Gasteiger partial charge is 0.141 e.